The average Bonchev–Trinajstić information content (AvgIpc) is 2.92. The lowest BCUT2D eigenvalue weighted by Gasteiger charge is -2.38. The molecule has 4 atom stereocenters. The van der Waals surface area contributed by atoms with Gasteiger partial charge >= 0.3 is 12.1 Å². The molecule has 2 rings (SSSR count). The molecule has 4 unspecified atom stereocenters. The third-order valence-corrected chi connectivity index (χ3v) is 7.03. The summed E-state index contributed by atoms with van der Waals surface area (Å²) in [6, 6.07) is 13.0. The summed E-state index contributed by atoms with van der Waals surface area (Å²) in [6.07, 6.45) is -0.0517. The van der Waals surface area contributed by atoms with Gasteiger partial charge in [-0.15, -0.1) is 0 Å². The summed E-state index contributed by atoms with van der Waals surface area (Å²) >= 11 is 4.36. The van der Waals surface area contributed by atoms with E-state index in [0.717, 1.165) is 11.1 Å². The molecule has 242 valence electrons. The van der Waals surface area contributed by atoms with E-state index in [1.165, 1.54) is 4.90 Å². The smallest absolute Gasteiger partial charge is 0.408 e. The van der Waals surface area contributed by atoms with E-state index in [-0.39, 0.29) is 12.2 Å². The number of carbonyl (C=O) groups excluding carboxylic acids is 4. The number of esters is 1. The highest BCUT2D eigenvalue weighted by atomic mass is 32.1. The van der Waals surface area contributed by atoms with Crippen molar-refractivity contribution in [2.45, 2.75) is 111 Å². The van der Waals surface area contributed by atoms with Crippen LogP contribution < -0.4 is 10.6 Å². The number of nitrogens with zero attached hydrogens (tertiary/aromatic N) is 1. The maximum absolute atomic E-state index is 14.4. The molecule has 10 heteroatoms. The van der Waals surface area contributed by atoms with E-state index in [2.05, 4.69) is 23.3 Å². The quantitative estimate of drug-likeness (QED) is 0.210. The fraction of sp³-hybridized carbons (Fsp3) is 0.529. The molecule has 0 radical (unpaired) electrons. The van der Waals surface area contributed by atoms with Crippen LogP contribution in [0.5, 0.6) is 0 Å². The van der Waals surface area contributed by atoms with Crippen molar-refractivity contribution in [2.75, 3.05) is 5.75 Å². The summed E-state index contributed by atoms with van der Waals surface area (Å²) in [5.74, 6) is -1.66. The summed E-state index contributed by atoms with van der Waals surface area (Å²) in [6.45, 7) is 16.1. The van der Waals surface area contributed by atoms with Crippen LogP contribution in [-0.4, -0.2) is 63.9 Å². The van der Waals surface area contributed by atoms with Crippen molar-refractivity contribution < 1.29 is 28.7 Å². The van der Waals surface area contributed by atoms with Crippen LogP contribution in [0.3, 0.4) is 0 Å². The molecule has 2 N–H and O–H groups in total. The molecular formula is C34H49N3O6S. The average molecular weight is 628 g/mol. The summed E-state index contributed by atoms with van der Waals surface area (Å²) in [7, 11) is 0. The molecule has 0 aromatic heterocycles. The third kappa shape index (κ3) is 11.5. The summed E-state index contributed by atoms with van der Waals surface area (Å²) in [4.78, 5) is 56.1. The molecule has 2 aromatic carbocycles. The van der Waals surface area contributed by atoms with E-state index in [1.807, 2.05) is 69.3 Å². The standard InChI is InChI=1S/C34H49N3O6S/c1-10-23(3)37(30(39)27(21-44)36-32(41)43-34(7,8)9)28(25-18-14-15-22(2)19-25)29(38)35-26(31(40)42-33(4,5)6)20-24-16-12-11-13-17-24/h11-19,23,26-28,44H,10,20-21H2,1-9H3,(H,35,38)(H,36,41). The second kappa shape index (κ2) is 16.0. The van der Waals surface area contributed by atoms with Crippen LogP contribution in [0.15, 0.2) is 54.6 Å². The Morgan fingerprint density at radius 3 is 2.00 bits per heavy atom. The molecule has 0 spiro atoms. The maximum Gasteiger partial charge on any atom is 0.408 e. The van der Waals surface area contributed by atoms with Gasteiger partial charge < -0.3 is 25.0 Å². The Bertz CT molecular complexity index is 1270. The second-order valence-electron chi connectivity index (χ2n) is 13.0. The first-order chi connectivity index (χ1) is 20.5. The molecule has 44 heavy (non-hydrogen) atoms. The van der Waals surface area contributed by atoms with E-state index < -0.39 is 59.2 Å². The minimum absolute atomic E-state index is 0.0261. The fourth-order valence-electron chi connectivity index (χ4n) is 4.56. The van der Waals surface area contributed by atoms with Gasteiger partial charge in [0.15, 0.2) is 0 Å². The number of hydrogen-bond acceptors (Lipinski definition) is 7. The molecule has 0 aliphatic carbocycles. The van der Waals surface area contributed by atoms with Gasteiger partial charge in [-0.2, -0.15) is 12.6 Å². The number of benzene rings is 2. The lowest BCUT2D eigenvalue weighted by atomic mass is 9.97. The summed E-state index contributed by atoms with van der Waals surface area (Å²) < 4.78 is 11.1. The molecule has 0 aliphatic rings. The first-order valence-electron chi connectivity index (χ1n) is 15.0. The molecule has 3 amide bonds. The molecule has 0 saturated heterocycles. The van der Waals surface area contributed by atoms with Gasteiger partial charge in [-0.3, -0.25) is 9.59 Å². The Morgan fingerprint density at radius 2 is 1.48 bits per heavy atom. The van der Waals surface area contributed by atoms with Crippen LogP contribution in [-0.2, 0) is 30.3 Å². The zero-order valence-corrected chi connectivity index (χ0v) is 28.4. The fourth-order valence-corrected chi connectivity index (χ4v) is 4.80. The first kappa shape index (κ1) is 36.7. The second-order valence-corrected chi connectivity index (χ2v) is 13.4. The largest absolute Gasteiger partial charge is 0.458 e. The van der Waals surface area contributed by atoms with E-state index in [1.54, 1.807) is 47.6 Å². The predicted molar refractivity (Wildman–Crippen MR) is 175 cm³/mol. The number of hydrogen-bond donors (Lipinski definition) is 3. The van der Waals surface area contributed by atoms with Crippen molar-refractivity contribution in [2.24, 2.45) is 0 Å². The maximum atomic E-state index is 14.4. The minimum atomic E-state index is -1.12. The van der Waals surface area contributed by atoms with Gasteiger partial charge in [0.2, 0.25) is 11.8 Å². The Morgan fingerprint density at radius 1 is 0.864 bits per heavy atom. The van der Waals surface area contributed by atoms with Crippen molar-refractivity contribution in [1.29, 1.82) is 0 Å². The van der Waals surface area contributed by atoms with Gasteiger partial charge in [-0.25, -0.2) is 9.59 Å². The van der Waals surface area contributed by atoms with Gasteiger partial charge in [0.25, 0.3) is 0 Å². The van der Waals surface area contributed by atoms with Gasteiger partial charge in [0, 0.05) is 18.2 Å². The van der Waals surface area contributed by atoms with Crippen molar-refractivity contribution in [3.63, 3.8) is 0 Å². The van der Waals surface area contributed by atoms with E-state index in [0.29, 0.717) is 12.0 Å². The number of ether oxygens (including phenoxy) is 2. The van der Waals surface area contributed by atoms with Crippen molar-refractivity contribution in [3.05, 3.63) is 71.3 Å². The molecule has 0 fully saturated rings. The van der Waals surface area contributed by atoms with Crippen LogP contribution in [0.4, 0.5) is 4.79 Å². The highest BCUT2D eigenvalue weighted by Gasteiger charge is 2.40. The lowest BCUT2D eigenvalue weighted by Crippen LogP contribution is -2.57. The molecule has 0 aliphatic heterocycles. The van der Waals surface area contributed by atoms with E-state index in [9.17, 15) is 19.2 Å². The predicted octanol–water partition coefficient (Wildman–Crippen LogP) is 5.56. The van der Waals surface area contributed by atoms with Crippen LogP contribution in [0, 0.1) is 6.92 Å². The molecule has 0 saturated carbocycles. The monoisotopic (exact) mass is 627 g/mol. The van der Waals surface area contributed by atoms with Crippen LogP contribution in [0.2, 0.25) is 0 Å². The van der Waals surface area contributed by atoms with Crippen molar-refractivity contribution in [1.82, 2.24) is 15.5 Å². The van der Waals surface area contributed by atoms with Crippen LogP contribution >= 0.6 is 12.6 Å². The van der Waals surface area contributed by atoms with Gasteiger partial charge in [-0.05, 0) is 72.9 Å². The highest BCUT2D eigenvalue weighted by molar-refractivity contribution is 7.80. The SMILES string of the molecule is CCC(C)N(C(=O)C(CS)NC(=O)OC(C)(C)C)C(C(=O)NC(Cc1ccccc1)C(=O)OC(C)(C)C)c1cccc(C)c1. The number of nitrogens with one attached hydrogen (secondary N) is 2. The third-order valence-electron chi connectivity index (χ3n) is 6.67. The topological polar surface area (TPSA) is 114 Å². The van der Waals surface area contributed by atoms with Crippen molar-refractivity contribution in [3.8, 4) is 0 Å². The van der Waals surface area contributed by atoms with E-state index >= 15 is 0 Å². The Kier molecular flexibility index (Phi) is 13.3. The lowest BCUT2D eigenvalue weighted by molar-refractivity contribution is -0.159. The number of rotatable bonds is 12. The van der Waals surface area contributed by atoms with Gasteiger partial charge in [0.1, 0.15) is 29.3 Å². The van der Waals surface area contributed by atoms with Crippen molar-refractivity contribution >= 4 is 36.5 Å². The van der Waals surface area contributed by atoms with E-state index in [4.69, 9.17) is 9.47 Å². The number of carbonyl (C=O) groups is 4. The normalized spacial score (nSPS) is 14.4. The minimum Gasteiger partial charge on any atom is -0.458 e. The molecule has 0 bridgehead atoms. The molecule has 9 nitrogen and oxygen atoms in total. The zero-order valence-electron chi connectivity index (χ0n) is 27.5. The Balaban J connectivity index is 2.58. The first-order valence-corrected chi connectivity index (χ1v) is 15.6. The van der Waals surface area contributed by atoms with Gasteiger partial charge in [0.05, 0.1) is 0 Å². The van der Waals surface area contributed by atoms with Crippen LogP contribution in [0.25, 0.3) is 0 Å². The van der Waals surface area contributed by atoms with Crippen LogP contribution in [0.1, 0.15) is 84.5 Å². The number of thiol groups is 1. The zero-order chi connectivity index (χ0) is 33.2. The summed E-state index contributed by atoms with van der Waals surface area (Å²) in [5, 5.41) is 5.53. The summed E-state index contributed by atoms with van der Waals surface area (Å²) in [5.41, 5.74) is 0.738. The number of amides is 3. The Labute approximate surface area is 267 Å². The molecule has 0 heterocycles. The van der Waals surface area contributed by atoms with Gasteiger partial charge in [-0.1, -0.05) is 67.1 Å². The molecular weight excluding hydrogens is 578 g/mol. The molecule has 2 aromatic rings. The highest BCUT2D eigenvalue weighted by Crippen LogP contribution is 2.28. The number of aryl methyl sites for hydroxylation is 1. The Hall–Kier alpha value is -3.53. The number of alkyl carbamates (subject to hydrolysis) is 1.